The maximum atomic E-state index is 14.7. The summed E-state index contributed by atoms with van der Waals surface area (Å²) < 4.78 is 60.5. The number of benzene rings is 1. The van der Waals surface area contributed by atoms with E-state index in [1.165, 1.54) is 24.5 Å². The van der Waals surface area contributed by atoms with E-state index in [9.17, 15) is 17.6 Å². The van der Waals surface area contributed by atoms with Gasteiger partial charge in [0.25, 0.3) is 0 Å². The Morgan fingerprint density at radius 2 is 1.91 bits per heavy atom. The second-order valence-corrected chi connectivity index (χ2v) is 8.10. The number of hydrogen-bond donors (Lipinski definition) is 0. The molecule has 0 saturated carbocycles. The Kier molecular flexibility index (Phi) is 5.64. The summed E-state index contributed by atoms with van der Waals surface area (Å²) in [6, 6.07) is 5.15. The number of alkyl halides is 2. The molecule has 4 heterocycles. The normalized spacial score (nSPS) is 16.6. The van der Waals surface area contributed by atoms with Crippen LogP contribution in [0.1, 0.15) is 29.5 Å². The van der Waals surface area contributed by atoms with Crippen molar-refractivity contribution >= 4 is 17.0 Å². The Balaban J connectivity index is 1.58. The lowest BCUT2D eigenvalue weighted by molar-refractivity contribution is 0.0376. The van der Waals surface area contributed by atoms with E-state index in [0.717, 1.165) is 17.3 Å². The lowest BCUT2D eigenvalue weighted by Gasteiger charge is -2.32. The van der Waals surface area contributed by atoms with Crippen LogP contribution in [0.2, 0.25) is 0 Å². The standard InChI is InChI=1S/C23H20F4N6O/c1-12-7-17-20(16-4-3-15(24)8-18(16)25)30-23(31-21(17)29-13(12)2)32-5-6-34-19(11-32)14-9-28-33(10-14)22(26)27/h3-4,7-10,19,22H,5-6,11H2,1-2H3. The molecule has 1 fully saturated rings. The molecule has 176 valence electrons. The molecule has 0 bridgehead atoms. The fraction of sp³-hybridized carbons (Fsp3) is 0.304. The van der Waals surface area contributed by atoms with Crippen molar-refractivity contribution < 1.29 is 22.3 Å². The summed E-state index contributed by atoms with van der Waals surface area (Å²) in [7, 11) is 0. The van der Waals surface area contributed by atoms with Crippen molar-refractivity contribution in [1.82, 2.24) is 24.7 Å². The van der Waals surface area contributed by atoms with Gasteiger partial charge < -0.3 is 9.64 Å². The molecule has 1 unspecified atom stereocenters. The number of morpholine rings is 1. The first kappa shape index (κ1) is 22.2. The highest BCUT2D eigenvalue weighted by molar-refractivity contribution is 5.92. The molecule has 1 saturated heterocycles. The number of hydrogen-bond acceptors (Lipinski definition) is 6. The molecule has 7 nitrogen and oxygen atoms in total. The monoisotopic (exact) mass is 472 g/mol. The number of pyridine rings is 1. The average Bonchev–Trinajstić information content (AvgIpc) is 3.31. The SMILES string of the molecule is Cc1cc2c(-c3ccc(F)cc3F)nc(N3CCOC(c4cnn(C(F)F)c4)C3)nc2nc1C. The van der Waals surface area contributed by atoms with Gasteiger partial charge in [0, 0.05) is 41.0 Å². The number of nitrogens with zero attached hydrogens (tertiary/aromatic N) is 6. The fourth-order valence-electron chi connectivity index (χ4n) is 3.92. The van der Waals surface area contributed by atoms with Gasteiger partial charge in [-0.15, -0.1) is 0 Å². The summed E-state index contributed by atoms with van der Waals surface area (Å²) in [6.45, 7) is 1.99. The van der Waals surface area contributed by atoms with Crippen LogP contribution in [0.25, 0.3) is 22.3 Å². The summed E-state index contributed by atoms with van der Waals surface area (Å²) in [5.74, 6) is -1.15. The van der Waals surface area contributed by atoms with Crippen LogP contribution in [0.5, 0.6) is 0 Å². The Labute approximate surface area is 192 Å². The predicted octanol–water partition coefficient (Wildman–Crippen LogP) is 4.76. The van der Waals surface area contributed by atoms with E-state index < -0.39 is 24.3 Å². The molecule has 0 spiro atoms. The van der Waals surface area contributed by atoms with Gasteiger partial charge >= 0.3 is 6.55 Å². The quantitative estimate of drug-likeness (QED) is 0.399. The van der Waals surface area contributed by atoms with E-state index in [-0.39, 0.29) is 18.1 Å². The van der Waals surface area contributed by atoms with Gasteiger partial charge in [-0.1, -0.05) is 0 Å². The molecule has 0 amide bonds. The second kappa shape index (κ2) is 8.64. The van der Waals surface area contributed by atoms with Crippen LogP contribution >= 0.6 is 0 Å². The predicted molar refractivity (Wildman–Crippen MR) is 117 cm³/mol. The van der Waals surface area contributed by atoms with Gasteiger partial charge in [0.1, 0.15) is 17.7 Å². The van der Waals surface area contributed by atoms with E-state index in [0.29, 0.717) is 40.1 Å². The minimum absolute atomic E-state index is 0.128. The van der Waals surface area contributed by atoms with Crippen LogP contribution in [0.3, 0.4) is 0 Å². The van der Waals surface area contributed by atoms with Gasteiger partial charge in [0.15, 0.2) is 5.65 Å². The largest absolute Gasteiger partial charge is 0.370 e. The molecule has 11 heteroatoms. The average molecular weight is 472 g/mol. The van der Waals surface area contributed by atoms with Gasteiger partial charge in [-0.3, -0.25) is 0 Å². The van der Waals surface area contributed by atoms with E-state index in [4.69, 9.17) is 4.74 Å². The number of ether oxygens (including phenoxy) is 1. The van der Waals surface area contributed by atoms with Crippen LogP contribution in [-0.2, 0) is 4.74 Å². The summed E-state index contributed by atoms with van der Waals surface area (Å²) >= 11 is 0. The third-order valence-corrected chi connectivity index (χ3v) is 5.85. The molecule has 0 aliphatic carbocycles. The molecule has 1 aliphatic rings. The van der Waals surface area contributed by atoms with Gasteiger partial charge in [-0.05, 0) is 37.6 Å². The highest BCUT2D eigenvalue weighted by atomic mass is 19.3. The van der Waals surface area contributed by atoms with Gasteiger partial charge in [0.05, 0.1) is 25.0 Å². The van der Waals surface area contributed by atoms with Crippen LogP contribution in [0.4, 0.5) is 23.5 Å². The lowest BCUT2D eigenvalue weighted by Crippen LogP contribution is -2.39. The first-order valence-electron chi connectivity index (χ1n) is 10.6. The Hall–Kier alpha value is -3.60. The molecule has 0 radical (unpaired) electrons. The molecular formula is C23H20F4N6O. The molecule has 4 aromatic rings. The molecule has 1 aromatic carbocycles. The lowest BCUT2D eigenvalue weighted by atomic mass is 10.1. The third-order valence-electron chi connectivity index (χ3n) is 5.85. The second-order valence-electron chi connectivity index (χ2n) is 8.10. The van der Waals surface area contributed by atoms with Crippen molar-refractivity contribution in [1.29, 1.82) is 0 Å². The van der Waals surface area contributed by atoms with Crippen molar-refractivity contribution in [2.75, 3.05) is 24.6 Å². The minimum atomic E-state index is -2.75. The molecule has 1 aliphatic heterocycles. The van der Waals surface area contributed by atoms with E-state index in [2.05, 4.69) is 20.1 Å². The van der Waals surface area contributed by atoms with E-state index in [1.54, 1.807) is 0 Å². The van der Waals surface area contributed by atoms with Crippen LogP contribution in [-0.4, -0.2) is 44.4 Å². The van der Waals surface area contributed by atoms with E-state index >= 15 is 0 Å². The Morgan fingerprint density at radius 3 is 2.65 bits per heavy atom. The summed E-state index contributed by atoms with van der Waals surface area (Å²) in [5, 5.41) is 4.21. The topological polar surface area (TPSA) is 69.0 Å². The van der Waals surface area contributed by atoms with Gasteiger partial charge in [-0.25, -0.2) is 23.4 Å². The highest BCUT2D eigenvalue weighted by Crippen LogP contribution is 2.32. The molecule has 34 heavy (non-hydrogen) atoms. The molecule has 5 rings (SSSR count). The van der Waals surface area contributed by atoms with Crippen molar-refractivity contribution in [3.8, 4) is 11.3 Å². The Morgan fingerprint density at radius 1 is 1.09 bits per heavy atom. The molecular weight excluding hydrogens is 452 g/mol. The van der Waals surface area contributed by atoms with Crippen molar-refractivity contribution in [2.24, 2.45) is 0 Å². The van der Waals surface area contributed by atoms with Gasteiger partial charge in [-0.2, -0.15) is 18.9 Å². The number of rotatable bonds is 4. The van der Waals surface area contributed by atoms with Crippen LogP contribution < -0.4 is 4.90 Å². The molecule has 0 N–H and O–H groups in total. The van der Waals surface area contributed by atoms with E-state index in [1.807, 2.05) is 24.8 Å². The number of aromatic nitrogens is 5. The number of halogens is 4. The zero-order valence-electron chi connectivity index (χ0n) is 18.3. The van der Waals surface area contributed by atoms with Gasteiger partial charge in [0.2, 0.25) is 5.95 Å². The maximum absolute atomic E-state index is 14.7. The zero-order chi connectivity index (χ0) is 24.0. The maximum Gasteiger partial charge on any atom is 0.333 e. The van der Waals surface area contributed by atoms with Crippen molar-refractivity contribution in [2.45, 2.75) is 26.5 Å². The zero-order valence-corrected chi connectivity index (χ0v) is 18.3. The molecule has 1 atom stereocenters. The first-order chi connectivity index (χ1) is 16.3. The van der Waals surface area contributed by atoms with Crippen molar-refractivity contribution in [3.05, 3.63) is 65.1 Å². The number of anilines is 1. The number of fused-ring (bicyclic) bond motifs is 1. The highest BCUT2D eigenvalue weighted by Gasteiger charge is 2.27. The third kappa shape index (κ3) is 4.07. The smallest absolute Gasteiger partial charge is 0.333 e. The number of aryl methyl sites for hydroxylation is 2. The van der Waals surface area contributed by atoms with Crippen LogP contribution in [0, 0.1) is 25.5 Å². The molecule has 3 aromatic heterocycles. The van der Waals surface area contributed by atoms with Crippen LogP contribution in [0.15, 0.2) is 36.7 Å². The summed E-state index contributed by atoms with van der Waals surface area (Å²) in [6.07, 6.45) is 2.06. The Bertz CT molecular complexity index is 1380. The first-order valence-corrected chi connectivity index (χ1v) is 10.6. The summed E-state index contributed by atoms with van der Waals surface area (Å²) in [4.78, 5) is 15.6. The van der Waals surface area contributed by atoms with Crippen molar-refractivity contribution in [3.63, 3.8) is 0 Å². The summed E-state index contributed by atoms with van der Waals surface area (Å²) in [5.41, 5.74) is 2.95. The minimum Gasteiger partial charge on any atom is -0.370 e. The fourth-order valence-corrected chi connectivity index (χ4v) is 3.92.